The molecule has 0 aliphatic heterocycles. The Morgan fingerprint density at radius 2 is 1.96 bits per heavy atom. The second kappa shape index (κ2) is 6.86. The molecule has 6 nitrogen and oxygen atoms in total. The van der Waals surface area contributed by atoms with Crippen LogP contribution in [0, 0.1) is 0 Å². The van der Waals surface area contributed by atoms with E-state index in [2.05, 4.69) is 5.16 Å². The molecule has 3 rings (SSSR count). The first kappa shape index (κ1) is 16.2. The van der Waals surface area contributed by atoms with Gasteiger partial charge in [0.1, 0.15) is 11.8 Å². The van der Waals surface area contributed by atoms with E-state index < -0.39 is 12.0 Å². The van der Waals surface area contributed by atoms with Crippen LogP contribution in [-0.4, -0.2) is 33.1 Å². The van der Waals surface area contributed by atoms with Crippen molar-refractivity contribution in [2.24, 2.45) is 0 Å². The van der Waals surface area contributed by atoms with Gasteiger partial charge in [-0.15, -0.1) is 0 Å². The molecule has 0 bridgehead atoms. The van der Waals surface area contributed by atoms with Crippen molar-refractivity contribution in [1.82, 2.24) is 10.1 Å². The summed E-state index contributed by atoms with van der Waals surface area (Å²) in [7, 11) is 0. The largest absolute Gasteiger partial charge is 0.480 e. The number of carbonyl (C=O) groups is 2. The molecule has 1 aromatic heterocycles. The topological polar surface area (TPSA) is 83.6 Å². The van der Waals surface area contributed by atoms with Gasteiger partial charge in [-0.1, -0.05) is 35.5 Å². The first-order valence-corrected chi connectivity index (χ1v) is 8.13. The van der Waals surface area contributed by atoms with Gasteiger partial charge in [0.15, 0.2) is 5.69 Å². The monoisotopic (exact) mass is 328 g/mol. The highest BCUT2D eigenvalue weighted by atomic mass is 16.5. The van der Waals surface area contributed by atoms with Gasteiger partial charge in [0.2, 0.25) is 0 Å². The van der Waals surface area contributed by atoms with E-state index in [1.807, 2.05) is 30.3 Å². The molecule has 0 spiro atoms. The van der Waals surface area contributed by atoms with Crippen molar-refractivity contribution in [3.63, 3.8) is 0 Å². The number of carboxylic acids is 1. The third-order valence-corrected chi connectivity index (χ3v) is 4.43. The molecular formula is C18H20N2O4. The number of aromatic nitrogens is 1. The molecule has 126 valence electrons. The van der Waals surface area contributed by atoms with Gasteiger partial charge in [-0.3, -0.25) is 4.79 Å². The van der Waals surface area contributed by atoms with Gasteiger partial charge < -0.3 is 14.5 Å². The molecule has 1 heterocycles. The van der Waals surface area contributed by atoms with Gasteiger partial charge in [-0.25, -0.2) is 4.79 Å². The summed E-state index contributed by atoms with van der Waals surface area (Å²) in [4.78, 5) is 25.8. The van der Waals surface area contributed by atoms with Crippen LogP contribution >= 0.6 is 0 Å². The number of aliphatic carboxylic acids is 1. The maximum Gasteiger partial charge on any atom is 0.326 e. The van der Waals surface area contributed by atoms with Gasteiger partial charge in [0.25, 0.3) is 5.91 Å². The normalized spacial score (nSPS) is 14.7. The minimum Gasteiger partial charge on any atom is -0.480 e. The van der Waals surface area contributed by atoms with Crippen LogP contribution in [0.1, 0.15) is 47.1 Å². The summed E-state index contributed by atoms with van der Waals surface area (Å²) in [5.74, 6) is -0.676. The third-order valence-electron chi connectivity index (χ3n) is 4.43. The van der Waals surface area contributed by atoms with E-state index in [4.69, 9.17) is 4.52 Å². The van der Waals surface area contributed by atoms with Crippen molar-refractivity contribution in [2.45, 2.75) is 45.2 Å². The molecule has 1 aliphatic rings. The number of benzene rings is 1. The van der Waals surface area contributed by atoms with Crippen LogP contribution in [0.4, 0.5) is 0 Å². The summed E-state index contributed by atoms with van der Waals surface area (Å²) in [5.41, 5.74) is 1.96. The first-order chi connectivity index (χ1) is 11.6. The first-order valence-electron chi connectivity index (χ1n) is 8.13. The van der Waals surface area contributed by atoms with Gasteiger partial charge in [0.05, 0.1) is 0 Å². The molecule has 1 aromatic carbocycles. The third kappa shape index (κ3) is 3.18. The average Bonchev–Trinajstić information content (AvgIpc) is 3.03. The fourth-order valence-corrected chi connectivity index (χ4v) is 2.99. The van der Waals surface area contributed by atoms with Gasteiger partial charge in [-0.2, -0.15) is 0 Å². The van der Waals surface area contributed by atoms with E-state index in [1.165, 1.54) is 11.8 Å². The van der Waals surface area contributed by atoms with Crippen molar-refractivity contribution in [3.05, 3.63) is 52.9 Å². The molecule has 0 saturated carbocycles. The maximum atomic E-state index is 13.0. The Labute approximate surface area is 140 Å². The molecule has 0 fully saturated rings. The lowest BCUT2D eigenvalue weighted by Crippen LogP contribution is -2.43. The van der Waals surface area contributed by atoms with E-state index in [-0.39, 0.29) is 18.1 Å². The molecule has 0 radical (unpaired) electrons. The number of aryl methyl sites for hydroxylation is 1. The van der Waals surface area contributed by atoms with Gasteiger partial charge in [0, 0.05) is 18.5 Å². The Hall–Kier alpha value is -2.63. The summed E-state index contributed by atoms with van der Waals surface area (Å²) < 4.78 is 5.30. The second-order valence-corrected chi connectivity index (χ2v) is 6.07. The van der Waals surface area contributed by atoms with Crippen molar-refractivity contribution >= 4 is 11.9 Å². The number of fused-ring (bicyclic) bond motifs is 1. The Kier molecular flexibility index (Phi) is 4.64. The van der Waals surface area contributed by atoms with Crippen molar-refractivity contribution in [1.29, 1.82) is 0 Å². The zero-order chi connectivity index (χ0) is 17.1. The van der Waals surface area contributed by atoms with Crippen LogP contribution in [0.2, 0.25) is 0 Å². The molecule has 1 N–H and O–H groups in total. The smallest absolute Gasteiger partial charge is 0.326 e. The molecule has 1 amide bonds. The van der Waals surface area contributed by atoms with Gasteiger partial charge in [-0.05, 0) is 31.7 Å². The Morgan fingerprint density at radius 1 is 1.25 bits per heavy atom. The summed E-state index contributed by atoms with van der Waals surface area (Å²) >= 11 is 0. The van der Waals surface area contributed by atoms with Crippen molar-refractivity contribution in [3.8, 4) is 0 Å². The fraction of sp³-hybridized carbons (Fsp3) is 0.389. The highest BCUT2D eigenvalue weighted by Gasteiger charge is 2.32. The lowest BCUT2D eigenvalue weighted by molar-refractivity contribution is -0.141. The lowest BCUT2D eigenvalue weighted by Gasteiger charge is -2.26. The van der Waals surface area contributed by atoms with Crippen LogP contribution in [-0.2, 0) is 24.2 Å². The second-order valence-electron chi connectivity index (χ2n) is 6.07. The summed E-state index contributed by atoms with van der Waals surface area (Å²) in [6.07, 6.45) is 3.54. The molecule has 0 saturated heterocycles. The predicted molar refractivity (Wildman–Crippen MR) is 86.6 cm³/mol. The SMILES string of the molecule is CC(C(=O)O)N(Cc1ccccc1)C(=O)c1noc2c1CCCC2. The molecule has 1 atom stereocenters. The highest BCUT2D eigenvalue weighted by molar-refractivity contribution is 5.96. The van der Waals surface area contributed by atoms with Crippen molar-refractivity contribution in [2.75, 3.05) is 0 Å². The molecular weight excluding hydrogens is 308 g/mol. The Bertz CT molecular complexity index is 739. The van der Waals surface area contributed by atoms with Crippen LogP contribution < -0.4 is 0 Å². The summed E-state index contributed by atoms with van der Waals surface area (Å²) in [6.45, 7) is 1.73. The summed E-state index contributed by atoms with van der Waals surface area (Å²) in [6, 6.07) is 8.39. The Balaban J connectivity index is 1.91. The number of hydrogen-bond donors (Lipinski definition) is 1. The molecule has 1 aliphatic carbocycles. The van der Waals surface area contributed by atoms with E-state index in [0.29, 0.717) is 0 Å². The van der Waals surface area contributed by atoms with E-state index in [0.717, 1.165) is 42.6 Å². The standard InChI is InChI=1S/C18H20N2O4/c1-12(18(22)23)20(11-13-7-3-2-4-8-13)17(21)16-14-9-5-6-10-15(14)24-19-16/h2-4,7-8,12H,5-6,9-11H2,1H3,(H,22,23). The highest BCUT2D eigenvalue weighted by Crippen LogP contribution is 2.26. The van der Waals surface area contributed by atoms with Gasteiger partial charge >= 0.3 is 5.97 Å². The zero-order valence-electron chi connectivity index (χ0n) is 13.6. The van der Waals surface area contributed by atoms with E-state index in [9.17, 15) is 14.7 Å². The molecule has 1 unspecified atom stereocenters. The van der Waals surface area contributed by atoms with Crippen LogP contribution in [0.25, 0.3) is 0 Å². The number of rotatable bonds is 5. The quantitative estimate of drug-likeness (QED) is 0.912. The number of carbonyl (C=O) groups excluding carboxylic acids is 1. The van der Waals surface area contributed by atoms with Crippen LogP contribution in [0.15, 0.2) is 34.9 Å². The fourth-order valence-electron chi connectivity index (χ4n) is 2.99. The molecule has 2 aromatic rings. The minimum absolute atomic E-state index is 0.217. The number of nitrogens with zero attached hydrogens (tertiary/aromatic N) is 2. The number of carboxylic acid groups (broad SMARTS) is 1. The number of hydrogen-bond acceptors (Lipinski definition) is 4. The minimum atomic E-state index is -1.04. The van der Waals surface area contributed by atoms with Crippen molar-refractivity contribution < 1.29 is 19.2 Å². The zero-order valence-corrected chi connectivity index (χ0v) is 13.6. The number of amides is 1. The summed E-state index contributed by atoms with van der Waals surface area (Å²) in [5, 5.41) is 13.3. The lowest BCUT2D eigenvalue weighted by atomic mass is 9.96. The maximum absolute atomic E-state index is 13.0. The van der Waals surface area contributed by atoms with Crippen LogP contribution in [0.3, 0.4) is 0 Å². The molecule has 24 heavy (non-hydrogen) atoms. The van der Waals surface area contributed by atoms with E-state index in [1.54, 1.807) is 0 Å². The predicted octanol–water partition coefficient (Wildman–Crippen LogP) is 2.67. The average molecular weight is 328 g/mol. The molecule has 6 heteroatoms. The Morgan fingerprint density at radius 3 is 2.67 bits per heavy atom. The van der Waals surface area contributed by atoms with Crippen LogP contribution in [0.5, 0.6) is 0 Å². The van der Waals surface area contributed by atoms with E-state index >= 15 is 0 Å².